The minimum absolute atomic E-state index is 0.0415. The van der Waals surface area contributed by atoms with Crippen LogP contribution in [-0.4, -0.2) is 48.6 Å². The highest BCUT2D eigenvalue weighted by Crippen LogP contribution is 2.07. The van der Waals surface area contributed by atoms with Crippen molar-refractivity contribution in [3.8, 4) is 0 Å². The monoisotopic (exact) mass is 238 g/mol. The topological polar surface area (TPSA) is 66.6 Å². The maximum absolute atomic E-state index is 12.1. The third kappa shape index (κ3) is 6.68. The van der Waals surface area contributed by atoms with Gasteiger partial charge in [-0.2, -0.15) is 0 Å². The molecule has 1 atom stereocenters. The predicted molar refractivity (Wildman–Crippen MR) is 57.1 cm³/mol. The van der Waals surface area contributed by atoms with E-state index >= 15 is 0 Å². The molecule has 0 radical (unpaired) electrons. The van der Waals surface area contributed by atoms with Gasteiger partial charge in [0.15, 0.2) is 0 Å². The van der Waals surface area contributed by atoms with E-state index in [0.29, 0.717) is 13.0 Å². The fourth-order valence-corrected chi connectivity index (χ4v) is 1.25. The Morgan fingerprint density at radius 3 is 2.56 bits per heavy atom. The van der Waals surface area contributed by atoms with Crippen LogP contribution in [-0.2, 0) is 4.79 Å². The number of nitrogens with two attached hydrogens (primary N) is 1. The second-order valence-corrected chi connectivity index (χ2v) is 3.83. The Bertz CT molecular complexity index is 203. The molecule has 0 bridgehead atoms. The molecule has 0 saturated carbocycles. The van der Waals surface area contributed by atoms with Crippen LogP contribution in [0, 0.1) is 5.92 Å². The van der Waals surface area contributed by atoms with Crippen molar-refractivity contribution in [2.24, 2.45) is 11.7 Å². The Morgan fingerprint density at radius 2 is 2.12 bits per heavy atom. The third-order valence-corrected chi connectivity index (χ3v) is 2.33. The molecular formula is C10H20F2N2O2. The van der Waals surface area contributed by atoms with Crippen molar-refractivity contribution >= 4 is 5.91 Å². The number of halogens is 2. The van der Waals surface area contributed by atoms with Gasteiger partial charge in [-0.15, -0.1) is 0 Å². The molecular weight excluding hydrogens is 218 g/mol. The molecule has 0 aliphatic heterocycles. The maximum Gasteiger partial charge on any atom is 0.255 e. The Hall–Kier alpha value is -0.750. The van der Waals surface area contributed by atoms with E-state index in [1.807, 2.05) is 6.92 Å². The summed E-state index contributed by atoms with van der Waals surface area (Å²) in [5, 5.41) is 8.66. The lowest BCUT2D eigenvalue weighted by molar-refractivity contribution is -0.134. The van der Waals surface area contributed by atoms with E-state index in [-0.39, 0.29) is 31.4 Å². The zero-order valence-corrected chi connectivity index (χ0v) is 9.53. The van der Waals surface area contributed by atoms with Gasteiger partial charge < -0.3 is 15.7 Å². The van der Waals surface area contributed by atoms with Gasteiger partial charge in [-0.3, -0.25) is 4.79 Å². The third-order valence-electron chi connectivity index (χ3n) is 2.33. The molecule has 0 fully saturated rings. The quantitative estimate of drug-likeness (QED) is 0.645. The molecule has 1 unspecified atom stereocenters. The number of aliphatic hydroxyl groups excluding tert-OH is 1. The Labute approximate surface area is 94.4 Å². The number of alkyl halides is 2. The molecule has 0 aromatic heterocycles. The van der Waals surface area contributed by atoms with Crippen molar-refractivity contribution in [3.05, 3.63) is 0 Å². The largest absolute Gasteiger partial charge is 0.395 e. The van der Waals surface area contributed by atoms with E-state index < -0.39 is 13.0 Å². The number of amides is 1. The predicted octanol–water partition coefficient (Wildman–Crippen LogP) is 0.447. The smallest absolute Gasteiger partial charge is 0.255 e. The van der Waals surface area contributed by atoms with Gasteiger partial charge in [-0.05, 0) is 18.9 Å². The van der Waals surface area contributed by atoms with Crippen LogP contribution in [0.5, 0.6) is 0 Å². The summed E-state index contributed by atoms with van der Waals surface area (Å²) in [4.78, 5) is 12.5. The molecule has 6 heteroatoms. The fourth-order valence-electron chi connectivity index (χ4n) is 1.25. The maximum atomic E-state index is 12.1. The van der Waals surface area contributed by atoms with Gasteiger partial charge in [0, 0.05) is 13.0 Å². The highest BCUT2D eigenvalue weighted by atomic mass is 19.3. The number of aliphatic hydroxyl groups is 1. The first-order chi connectivity index (χ1) is 7.51. The SMILES string of the molecule is CC(CN)CCC(=O)N(CCO)CC(F)F. The summed E-state index contributed by atoms with van der Waals surface area (Å²) in [6, 6.07) is 0. The van der Waals surface area contributed by atoms with Gasteiger partial charge in [0.25, 0.3) is 6.43 Å². The minimum Gasteiger partial charge on any atom is -0.395 e. The lowest BCUT2D eigenvalue weighted by Gasteiger charge is -2.21. The summed E-state index contributed by atoms with van der Waals surface area (Å²) in [5.41, 5.74) is 5.39. The minimum atomic E-state index is -2.57. The van der Waals surface area contributed by atoms with Gasteiger partial charge >= 0.3 is 0 Å². The molecule has 96 valence electrons. The van der Waals surface area contributed by atoms with E-state index in [4.69, 9.17) is 10.8 Å². The first-order valence-electron chi connectivity index (χ1n) is 5.38. The number of carbonyl (C=O) groups excluding carboxylic acids is 1. The first-order valence-corrected chi connectivity index (χ1v) is 5.38. The van der Waals surface area contributed by atoms with Gasteiger partial charge in [0.05, 0.1) is 13.2 Å². The molecule has 16 heavy (non-hydrogen) atoms. The van der Waals surface area contributed by atoms with E-state index in [1.165, 1.54) is 0 Å². The lowest BCUT2D eigenvalue weighted by Crippen LogP contribution is -2.37. The molecule has 0 aliphatic carbocycles. The molecule has 3 N–H and O–H groups in total. The van der Waals surface area contributed by atoms with Crippen LogP contribution in [0.1, 0.15) is 19.8 Å². The normalized spacial score (nSPS) is 12.9. The van der Waals surface area contributed by atoms with Crippen LogP contribution in [0.3, 0.4) is 0 Å². The summed E-state index contributed by atoms with van der Waals surface area (Å²) in [5.74, 6) is -0.152. The van der Waals surface area contributed by atoms with Gasteiger partial charge in [-0.1, -0.05) is 6.92 Å². The Balaban J connectivity index is 4.05. The summed E-state index contributed by atoms with van der Waals surface area (Å²) in [6.45, 7) is 1.42. The molecule has 1 amide bonds. The lowest BCUT2D eigenvalue weighted by atomic mass is 10.1. The summed E-state index contributed by atoms with van der Waals surface area (Å²) >= 11 is 0. The Morgan fingerprint density at radius 1 is 1.50 bits per heavy atom. The molecule has 0 spiro atoms. The number of hydrogen-bond donors (Lipinski definition) is 2. The zero-order valence-electron chi connectivity index (χ0n) is 9.53. The van der Waals surface area contributed by atoms with Crippen molar-refractivity contribution in [2.75, 3.05) is 26.2 Å². The van der Waals surface area contributed by atoms with E-state index in [9.17, 15) is 13.6 Å². The average molecular weight is 238 g/mol. The Kier molecular flexibility index (Phi) is 8.01. The zero-order chi connectivity index (χ0) is 12.6. The number of nitrogens with zero attached hydrogens (tertiary/aromatic N) is 1. The van der Waals surface area contributed by atoms with Crippen LogP contribution < -0.4 is 5.73 Å². The van der Waals surface area contributed by atoms with Crippen molar-refractivity contribution < 1.29 is 18.7 Å². The van der Waals surface area contributed by atoms with Crippen LogP contribution in [0.4, 0.5) is 8.78 Å². The molecule has 0 heterocycles. The first kappa shape index (κ1) is 15.2. The van der Waals surface area contributed by atoms with Crippen LogP contribution in [0.15, 0.2) is 0 Å². The highest BCUT2D eigenvalue weighted by molar-refractivity contribution is 5.76. The molecule has 4 nitrogen and oxygen atoms in total. The number of rotatable bonds is 8. The number of hydrogen-bond acceptors (Lipinski definition) is 3. The van der Waals surface area contributed by atoms with Crippen molar-refractivity contribution in [2.45, 2.75) is 26.2 Å². The van der Waals surface area contributed by atoms with Gasteiger partial charge in [-0.25, -0.2) is 8.78 Å². The summed E-state index contributed by atoms with van der Waals surface area (Å²) < 4.78 is 24.3. The van der Waals surface area contributed by atoms with E-state index in [0.717, 1.165) is 4.90 Å². The van der Waals surface area contributed by atoms with Crippen molar-refractivity contribution in [3.63, 3.8) is 0 Å². The summed E-state index contributed by atoms with van der Waals surface area (Å²) in [6.07, 6.45) is -1.78. The highest BCUT2D eigenvalue weighted by Gasteiger charge is 2.17. The van der Waals surface area contributed by atoms with Gasteiger partial charge in [0.1, 0.15) is 0 Å². The summed E-state index contributed by atoms with van der Waals surface area (Å²) in [7, 11) is 0. The second kappa shape index (κ2) is 8.41. The van der Waals surface area contributed by atoms with Crippen LogP contribution >= 0.6 is 0 Å². The van der Waals surface area contributed by atoms with Crippen molar-refractivity contribution in [1.29, 1.82) is 0 Å². The van der Waals surface area contributed by atoms with E-state index in [2.05, 4.69) is 0 Å². The van der Waals surface area contributed by atoms with Crippen molar-refractivity contribution in [1.82, 2.24) is 4.90 Å². The number of carbonyl (C=O) groups is 1. The molecule has 0 aliphatic rings. The fraction of sp³-hybridized carbons (Fsp3) is 0.900. The average Bonchev–Trinajstić information content (AvgIpc) is 2.24. The molecule has 0 aromatic rings. The van der Waals surface area contributed by atoms with Crippen LogP contribution in [0.25, 0.3) is 0 Å². The van der Waals surface area contributed by atoms with Crippen LogP contribution in [0.2, 0.25) is 0 Å². The van der Waals surface area contributed by atoms with Gasteiger partial charge in [0.2, 0.25) is 5.91 Å². The molecule has 0 aromatic carbocycles. The van der Waals surface area contributed by atoms with E-state index in [1.54, 1.807) is 0 Å². The second-order valence-electron chi connectivity index (χ2n) is 3.83. The molecule has 0 rings (SSSR count). The standard InChI is InChI=1S/C10H20F2N2O2/c1-8(6-13)2-3-10(16)14(4-5-15)7-9(11)12/h8-9,15H,2-7,13H2,1H3. The molecule has 0 saturated heterocycles.